The average molecular weight is 257 g/mol. The molecular weight excluding hydrogens is 239 g/mol. The molecule has 0 radical (unpaired) electrons. The van der Waals surface area contributed by atoms with E-state index in [9.17, 15) is 13.2 Å². The third kappa shape index (κ3) is 2.69. The van der Waals surface area contributed by atoms with Crippen molar-refractivity contribution < 1.29 is 13.2 Å². The van der Waals surface area contributed by atoms with Crippen LogP contribution in [0.25, 0.3) is 0 Å². The first-order valence-electron chi connectivity index (χ1n) is 6.28. The zero-order chi connectivity index (χ0) is 13.4. The van der Waals surface area contributed by atoms with E-state index >= 15 is 0 Å². The predicted octanol–water partition coefficient (Wildman–Crippen LogP) is 4.07. The van der Waals surface area contributed by atoms with E-state index in [2.05, 4.69) is 6.92 Å². The van der Waals surface area contributed by atoms with Gasteiger partial charge in [-0.15, -0.1) is 0 Å². The highest BCUT2D eigenvalue weighted by Crippen LogP contribution is 2.38. The summed E-state index contributed by atoms with van der Waals surface area (Å²) in [5.41, 5.74) is 6.10. The van der Waals surface area contributed by atoms with E-state index in [1.54, 1.807) is 0 Å². The van der Waals surface area contributed by atoms with E-state index < -0.39 is 17.3 Å². The molecule has 4 heteroatoms. The Hall–Kier alpha value is -1.03. The Morgan fingerprint density at radius 1 is 1.22 bits per heavy atom. The third-order valence-electron chi connectivity index (χ3n) is 3.82. The molecule has 2 unspecified atom stereocenters. The van der Waals surface area contributed by atoms with Crippen LogP contribution >= 0.6 is 0 Å². The molecule has 1 saturated carbocycles. The Kier molecular flexibility index (Phi) is 3.41. The van der Waals surface area contributed by atoms with Crippen molar-refractivity contribution in [1.82, 2.24) is 0 Å². The second kappa shape index (κ2) is 4.57. The molecule has 0 heterocycles. The Balaban J connectivity index is 2.23. The summed E-state index contributed by atoms with van der Waals surface area (Å²) in [6, 6.07) is 5.31. The van der Waals surface area contributed by atoms with Gasteiger partial charge in [-0.1, -0.05) is 31.9 Å². The SMILES string of the molecule is CC1CCCC(N)(c2ccc(C(F)(F)F)cc2)C1. The van der Waals surface area contributed by atoms with Crippen molar-refractivity contribution in [3.05, 3.63) is 35.4 Å². The van der Waals surface area contributed by atoms with Crippen LogP contribution in [0.15, 0.2) is 24.3 Å². The Morgan fingerprint density at radius 2 is 1.83 bits per heavy atom. The molecule has 1 aliphatic carbocycles. The van der Waals surface area contributed by atoms with Gasteiger partial charge in [-0.25, -0.2) is 0 Å². The quantitative estimate of drug-likeness (QED) is 0.806. The van der Waals surface area contributed by atoms with Crippen LogP contribution in [-0.2, 0) is 11.7 Å². The van der Waals surface area contributed by atoms with E-state index in [1.807, 2.05) is 0 Å². The molecule has 100 valence electrons. The summed E-state index contributed by atoms with van der Waals surface area (Å²) in [6.07, 6.45) is -0.389. The monoisotopic (exact) mass is 257 g/mol. The van der Waals surface area contributed by atoms with Gasteiger partial charge in [-0.05, 0) is 36.5 Å². The molecule has 0 amide bonds. The van der Waals surface area contributed by atoms with E-state index in [0.29, 0.717) is 5.92 Å². The van der Waals surface area contributed by atoms with Crippen LogP contribution in [0.1, 0.15) is 43.7 Å². The highest BCUT2D eigenvalue weighted by molar-refractivity contribution is 5.30. The van der Waals surface area contributed by atoms with Crippen LogP contribution in [0.3, 0.4) is 0 Å². The zero-order valence-electron chi connectivity index (χ0n) is 10.4. The molecule has 0 spiro atoms. The number of hydrogen-bond acceptors (Lipinski definition) is 1. The number of nitrogens with two attached hydrogens (primary N) is 1. The maximum atomic E-state index is 12.5. The molecule has 1 nitrogen and oxygen atoms in total. The zero-order valence-corrected chi connectivity index (χ0v) is 10.4. The summed E-state index contributed by atoms with van der Waals surface area (Å²) in [6.45, 7) is 2.14. The van der Waals surface area contributed by atoms with Crippen molar-refractivity contribution in [2.75, 3.05) is 0 Å². The van der Waals surface area contributed by atoms with Crippen molar-refractivity contribution >= 4 is 0 Å². The van der Waals surface area contributed by atoms with Crippen LogP contribution in [0.4, 0.5) is 13.2 Å². The number of halogens is 3. The summed E-state index contributed by atoms with van der Waals surface area (Å²) < 4.78 is 37.5. The predicted molar refractivity (Wildman–Crippen MR) is 64.9 cm³/mol. The van der Waals surface area contributed by atoms with Gasteiger partial charge in [0, 0.05) is 5.54 Å². The fourth-order valence-electron chi connectivity index (χ4n) is 2.85. The van der Waals surface area contributed by atoms with Gasteiger partial charge in [0.1, 0.15) is 0 Å². The highest BCUT2D eigenvalue weighted by Gasteiger charge is 2.34. The Morgan fingerprint density at radius 3 is 2.33 bits per heavy atom. The highest BCUT2D eigenvalue weighted by atomic mass is 19.4. The molecule has 18 heavy (non-hydrogen) atoms. The van der Waals surface area contributed by atoms with Gasteiger partial charge >= 0.3 is 6.18 Å². The van der Waals surface area contributed by atoms with E-state index in [1.165, 1.54) is 12.1 Å². The lowest BCUT2D eigenvalue weighted by Gasteiger charge is -2.37. The van der Waals surface area contributed by atoms with Crippen LogP contribution in [-0.4, -0.2) is 0 Å². The maximum absolute atomic E-state index is 12.5. The number of benzene rings is 1. The minimum atomic E-state index is -4.28. The standard InChI is InChI=1S/C14H18F3N/c1-10-3-2-8-13(18,9-10)11-4-6-12(7-5-11)14(15,16)17/h4-7,10H,2-3,8-9,18H2,1H3. The second-order valence-electron chi connectivity index (χ2n) is 5.43. The van der Waals surface area contributed by atoms with Crippen LogP contribution in [0, 0.1) is 5.92 Å². The van der Waals surface area contributed by atoms with Crippen molar-refractivity contribution in [2.24, 2.45) is 11.7 Å². The first-order valence-corrected chi connectivity index (χ1v) is 6.28. The van der Waals surface area contributed by atoms with Crippen LogP contribution in [0.5, 0.6) is 0 Å². The Bertz CT molecular complexity index is 410. The topological polar surface area (TPSA) is 26.0 Å². The van der Waals surface area contributed by atoms with Crippen molar-refractivity contribution in [3.8, 4) is 0 Å². The summed E-state index contributed by atoms with van der Waals surface area (Å²) in [7, 11) is 0. The first-order chi connectivity index (χ1) is 8.31. The lowest BCUT2D eigenvalue weighted by atomic mass is 9.73. The van der Waals surface area contributed by atoms with E-state index in [-0.39, 0.29) is 0 Å². The lowest BCUT2D eigenvalue weighted by molar-refractivity contribution is -0.137. The molecular formula is C14H18F3N. The minimum absolute atomic E-state index is 0.457. The number of alkyl halides is 3. The van der Waals surface area contributed by atoms with Gasteiger partial charge in [0.05, 0.1) is 5.56 Å². The normalized spacial score (nSPS) is 29.3. The molecule has 1 aromatic rings. The molecule has 1 aromatic carbocycles. The molecule has 2 atom stereocenters. The molecule has 0 aromatic heterocycles. The van der Waals surface area contributed by atoms with Gasteiger partial charge in [0.15, 0.2) is 0 Å². The molecule has 0 bridgehead atoms. The Labute approximate surface area is 105 Å². The fraction of sp³-hybridized carbons (Fsp3) is 0.571. The summed E-state index contributed by atoms with van der Waals surface area (Å²) in [4.78, 5) is 0. The minimum Gasteiger partial charge on any atom is -0.321 e. The van der Waals surface area contributed by atoms with Crippen molar-refractivity contribution in [2.45, 2.75) is 44.3 Å². The van der Waals surface area contributed by atoms with Crippen LogP contribution < -0.4 is 5.73 Å². The smallest absolute Gasteiger partial charge is 0.321 e. The molecule has 1 fully saturated rings. The van der Waals surface area contributed by atoms with Gasteiger partial charge in [0.25, 0.3) is 0 Å². The lowest BCUT2D eigenvalue weighted by Crippen LogP contribution is -2.40. The van der Waals surface area contributed by atoms with Crippen LogP contribution in [0.2, 0.25) is 0 Å². The van der Waals surface area contributed by atoms with Gasteiger partial charge in [0.2, 0.25) is 0 Å². The van der Waals surface area contributed by atoms with E-state index in [4.69, 9.17) is 5.73 Å². The first kappa shape index (κ1) is 13.4. The summed E-state index contributed by atoms with van der Waals surface area (Å²) in [5, 5.41) is 0. The van der Waals surface area contributed by atoms with E-state index in [0.717, 1.165) is 43.4 Å². The molecule has 2 rings (SSSR count). The maximum Gasteiger partial charge on any atom is 0.416 e. The van der Waals surface area contributed by atoms with Gasteiger partial charge < -0.3 is 5.73 Å². The van der Waals surface area contributed by atoms with Gasteiger partial charge in [-0.2, -0.15) is 13.2 Å². The largest absolute Gasteiger partial charge is 0.416 e. The van der Waals surface area contributed by atoms with Gasteiger partial charge in [-0.3, -0.25) is 0 Å². The third-order valence-corrected chi connectivity index (χ3v) is 3.82. The number of hydrogen-bond donors (Lipinski definition) is 1. The average Bonchev–Trinajstić information content (AvgIpc) is 2.28. The van der Waals surface area contributed by atoms with Crippen molar-refractivity contribution in [3.63, 3.8) is 0 Å². The number of rotatable bonds is 1. The molecule has 2 N–H and O–H groups in total. The summed E-state index contributed by atoms with van der Waals surface area (Å²) in [5.74, 6) is 0.533. The molecule has 0 aliphatic heterocycles. The molecule has 1 aliphatic rings. The van der Waals surface area contributed by atoms with Crippen molar-refractivity contribution in [1.29, 1.82) is 0 Å². The fourth-order valence-corrected chi connectivity index (χ4v) is 2.85. The summed E-state index contributed by atoms with van der Waals surface area (Å²) >= 11 is 0. The molecule has 0 saturated heterocycles. The second-order valence-corrected chi connectivity index (χ2v) is 5.43.